The maximum Gasteiger partial charge on any atom is 0.204 e. The lowest BCUT2D eigenvalue weighted by atomic mass is 10.3. The van der Waals surface area contributed by atoms with Crippen LogP contribution in [-0.2, 0) is 0 Å². The van der Waals surface area contributed by atoms with Gasteiger partial charge < -0.3 is 4.42 Å². The molecular weight excluding hydrogens is 228 g/mol. The number of hydrogen-bond acceptors (Lipinski definition) is 4. The molecule has 0 saturated carbocycles. The second kappa shape index (κ2) is 3.31. The number of furan rings is 1. The summed E-state index contributed by atoms with van der Waals surface area (Å²) in [5.74, 6) is 1.32. The molecule has 0 fully saturated rings. The average Bonchev–Trinajstić information content (AvgIpc) is 2.84. The van der Waals surface area contributed by atoms with Crippen molar-refractivity contribution < 1.29 is 4.42 Å². The van der Waals surface area contributed by atoms with E-state index in [0.717, 1.165) is 5.56 Å². The highest BCUT2D eigenvalue weighted by Crippen LogP contribution is 2.24. The molecule has 0 bridgehead atoms. The molecular formula is C10H7ClN4O. The summed E-state index contributed by atoms with van der Waals surface area (Å²) in [6.07, 6.45) is 4.97. The van der Waals surface area contributed by atoms with E-state index in [1.165, 1.54) is 0 Å². The van der Waals surface area contributed by atoms with Crippen LogP contribution in [0, 0.1) is 6.92 Å². The van der Waals surface area contributed by atoms with Crippen molar-refractivity contribution in [3.8, 4) is 11.6 Å². The van der Waals surface area contributed by atoms with Gasteiger partial charge in [0.25, 0.3) is 0 Å². The molecule has 0 saturated heterocycles. The predicted octanol–water partition coefficient (Wildman–Crippen LogP) is 2.35. The molecule has 0 amide bonds. The van der Waals surface area contributed by atoms with Gasteiger partial charge in [-0.05, 0) is 18.6 Å². The zero-order valence-electron chi connectivity index (χ0n) is 8.38. The Labute approximate surface area is 95.7 Å². The lowest BCUT2D eigenvalue weighted by Crippen LogP contribution is -1.90. The Morgan fingerprint density at radius 3 is 3.00 bits per heavy atom. The van der Waals surface area contributed by atoms with Gasteiger partial charge in [-0.25, -0.2) is 4.98 Å². The van der Waals surface area contributed by atoms with E-state index in [4.69, 9.17) is 16.0 Å². The molecule has 3 aromatic heterocycles. The second-order valence-corrected chi connectivity index (χ2v) is 3.73. The number of halogens is 1. The molecule has 0 aliphatic rings. The zero-order valence-corrected chi connectivity index (χ0v) is 9.14. The van der Waals surface area contributed by atoms with Crippen molar-refractivity contribution in [2.24, 2.45) is 0 Å². The fraction of sp³-hybridized carbons (Fsp3) is 0.100. The van der Waals surface area contributed by atoms with E-state index in [-0.39, 0.29) is 0 Å². The first-order valence-electron chi connectivity index (χ1n) is 4.67. The predicted molar refractivity (Wildman–Crippen MR) is 58.2 cm³/mol. The summed E-state index contributed by atoms with van der Waals surface area (Å²) in [6.45, 7) is 1.95. The van der Waals surface area contributed by atoms with Crippen molar-refractivity contribution in [1.29, 1.82) is 0 Å². The summed E-state index contributed by atoms with van der Waals surface area (Å²) < 4.78 is 7.12. The van der Waals surface area contributed by atoms with Gasteiger partial charge in [-0.1, -0.05) is 11.6 Å². The molecule has 0 N–H and O–H groups in total. The summed E-state index contributed by atoms with van der Waals surface area (Å²) >= 11 is 5.91. The van der Waals surface area contributed by atoms with Gasteiger partial charge in [0.1, 0.15) is 0 Å². The number of rotatable bonds is 1. The van der Waals surface area contributed by atoms with E-state index in [9.17, 15) is 0 Å². The van der Waals surface area contributed by atoms with Gasteiger partial charge in [-0.15, -0.1) is 10.2 Å². The molecule has 80 valence electrons. The highest BCUT2D eigenvalue weighted by molar-refractivity contribution is 6.32. The van der Waals surface area contributed by atoms with E-state index in [0.29, 0.717) is 22.4 Å². The number of nitrogens with zero attached hydrogens (tertiary/aromatic N) is 4. The minimum Gasteiger partial charge on any atom is -0.461 e. The fourth-order valence-electron chi connectivity index (χ4n) is 1.55. The van der Waals surface area contributed by atoms with Gasteiger partial charge in [0, 0.05) is 12.4 Å². The lowest BCUT2D eigenvalue weighted by Gasteiger charge is -1.97. The van der Waals surface area contributed by atoms with Crippen LogP contribution < -0.4 is 0 Å². The maximum absolute atomic E-state index is 5.91. The third kappa shape index (κ3) is 1.22. The Balaban J connectivity index is 2.34. The summed E-state index contributed by atoms with van der Waals surface area (Å²) in [6, 6.07) is 1.87. The number of aryl methyl sites for hydroxylation is 1. The van der Waals surface area contributed by atoms with Crippen LogP contribution in [-0.4, -0.2) is 19.6 Å². The fourth-order valence-corrected chi connectivity index (χ4v) is 1.74. The molecule has 6 heteroatoms. The van der Waals surface area contributed by atoms with Crippen molar-refractivity contribution in [3.63, 3.8) is 0 Å². The summed E-state index contributed by atoms with van der Waals surface area (Å²) in [4.78, 5) is 3.94. The van der Waals surface area contributed by atoms with Crippen LogP contribution in [0.5, 0.6) is 0 Å². The van der Waals surface area contributed by atoms with E-state index in [1.54, 1.807) is 23.1 Å². The third-order valence-electron chi connectivity index (χ3n) is 2.35. The van der Waals surface area contributed by atoms with Crippen molar-refractivity contribution in [3.05, 3.63) is 35.4 Å². The van der Waals surface area contributed by atoms with Crippen LogP contribution >= 0.6 is 11.6 Å². The molecule has 3 aromatic rings. The monoisotopic (exact) mass is 234 g/mol. The van der Waals surface area contributed by atoms with Gasteiger partial charge >= 0.3 is 0 Å². The molecule has 16 heavy (non-hydrogen) atoms. The topological polar surface area (TPSA) is 56.2 Å². The van der Waals surface area contributed by atoms with Gasteiger partial charge in [-0.3, -0.25) is 4.40 Å². The molecule has 5 nitrogen and oxygen atoms in total. The minimum absolute atomic E-state index is 0.324. The van der Waals surface area contributed by atoms with Crippen LogP contribution in [0.25, 0.3) is 17.2 Å². The summed E-state index contributed by atoms with van der Waals surface area (Å²) in [5, 5.41) is 8.35. The molecule has 0 spiro atoms. The molecule has 0 aromatic carbocycles. The standard InChI is InChI=1S/C10H7ClN4O/c1-6-2-5-16-7(6)9-13-14-10-8(11)12-3-4-15(9)10/h2-5H,1H3. The first-order chi connectivity index (χ1) is 7.77. The third-order valence-corrected chi connectivity index (χ3v) is 2.62. The normalized spacial score (nSPS) is 11.1. The van der Waals surface area contributed by atoms with Gasteiger partial charge in [0.15, 0.2) is 16.6 Å². The van der Waals surface area contributed by atoms with Crippen LogP contribution in [0.15, 0.2) is 29.1 Å². The summed E-state index contributed by atoms with van der Waals surface area (Å²) in [5.41, 5.74) is 1.53. The number of aromatic nitrogens is 4. The largest absolute Gasteiger partial charge is 0.461 e. The summed E-state index contributed by atoms with van der Waals surface area (Å²) in [7, 11) is 0. The maximum atomic E-state index is 5.91. The van der Waals surface area contributed by atoms with Crippen molar-refractivity contribution in [1.82, 2.24) is 19.6 Å². The Hall–Kier alpha value is -1.88. The minimum atomic E-state index is 0.324. The Morgan fingerprint density at radius 2 is 2.25 bits per heavy atom. The lowest BCUT2D eigenvalue weighted by molar-refractivity contribution is 0.574. The first kappa shape index (κ1) is 9.35. The molecule has 0 radical (unpaired) electrons. The molecule has 3 rings (SSSR count). The highest BCUT2D eigenvalue weighted by Gasteiger charge is 2.14. The van der Waals surface area contributed by atoms with Crippen LogP contribution in [0.4, 0.5) is 0 Å². The SMILES string of the molecule is Cc1ccoc1-c1nnc2c(Cl)nccn12. The zero-order chi connectivity index (χ0) is 11.1. The van der Waals surface area contributed by atoms with Crippen molar-refractivity contribution >= 4 is 17.2 Å². The molecule has 0 unspecified atom stereocenters. The molecule has 0 aliphatic heterocycles. The Morgan fingerprint density at radius 1 is 1.38 bits per heavy atom. The van der Waals surface area contributed by atoms with E-state index < -0.39 is 0 Å². The van der Waals surface area contributed by atoms with Crippen molar-refractivity contribution in [2.45, 2.75) is 6.92 Å². The van der Waals surface area contributed by atoms with Crippen LogP contribution in [0.2, 0.25) is 5.15 Å². The Kier molecular flexibility index (Phi) is 1.94. The van der Waals surface area contributed by atoms with Crippen LogP contribution in [0.1, 0.15) is 5.56 Å². The molecule has 3 heterocycles. The number of hydrogen-bond donors (Lipinski definition) is 0. The second-order valence-electron chi connectivity index (χ2n) is 3.37. The van der Waals surface area contributed by atoms with E-state index in [1.807, 2.05) is 13.0 Å². The average molecular weight is 235 g/mol. The van der Waals surface area contributed by atoms with Gasteiger partial charge in [-0.2, -0.15) is 0 Å². The number of fused-ring (bicyclic) bond motifs is 1. The first-order valence-corrected chi connectivity index (χ1v) is 5.05. The van der Waals surface area contributed by atoms with Gasteiger partial charge in [0.2, 0.25) is 5.82 Å². The quantitative estimate of drug-likeness (QED) is 0.649. The molecule has 0 atom stereocenters. The Bertz CT molecular complexity index is 658. The van der Waals surface area contributed by atoms with Gasteiger partial charge in [0.05, 0.1) is 6.26 Å². The van der Waals surface area contributed by atoms with E-state index >= 15 is 0 Å². The van der Waals surface area contributed by atoms with Crippen molar-refractivity contribution in [2.75, 3.05) is 0 Å². The highest BCUT2D eigenvalue weighted by atomic mass is 35.5. The van der Waals surface area contributed by atoms with Crippen LogP contribution in [0.3, 0.4) is 0 Å². The van der Waals surface area contributed by atoms with E-state index in [2.05, 4.69) is 15.2 Å². The molecule has 0 aliphatic carbocycles. The smallest absolute Gasteiger partial charge is 0.204 e.